The van der Waals surface area contributed by atoms with Crippen molar-refractivity contribution in [1.82, 2.24) is 4.98 Å². The lowest BCUT2D eigenvalue weighted by atomic mass is 10.0. The number of benzene rings is 1. The van der Waals surface area contributed by atoms with E-state index in [0.717, 1.165) is 28.8 Å². The minimum Gasteiger partial charge on any atom is -0.496 e. The van der Waals surface area contributed by atoms with Crippen molar-refractivity contribution in [3.8, 4) is 5.75 Å². The molecule has 2 aromatic rings. The molecule has 1 heterocycles. The van der Waals surface area contributed by atoms with Crippen molar-refractivity contribution in [2.24, 2.45) is 5.84 Å². The maximum Gasteiger partial charge on any atom is 0.130 e. The van der Waals surface area contributed by atoms with Crippen LogP contribution in [0.1, 0.15) is 18.2 Å². The van der Waals surface area contributed by atoms with Gasteiger partial charge in [0.15, 0.2) is 0 Å². The van der Waals surface area contributed by atoms with Crippen molar-refractivity contribution < 1.29 is 4.74 Å². The van der Waals surface area contributed by atoms with E-state index in [9.17, 15) is 0 Å². The third-order valence-electron chi connectivity index (χ3n) is 3.09. The average molecular weight is 266 g/mol. The smallest absolute Gasteiger partial charge is 0.130 e. The Kier molecular flexibility index (Phi) is 3.59. The van der Waals surface area contributed by atoms with Gasteiger partial charge in [-0.15, -0.1) is 0 Å². The van der Waals surface area contributed by atoms with Gasteiger partial charge >= 0.3 is 0 Å². The molecule has 0 fully saturated rings. The number of halogens is 1. The first-order valence-electron chi connectivity index (χ1n) is 5.76. The second-order valence-corrected chi connectivity index (χ2v) is 4.44. The Morgan fingerprint density at radius 3 is 2.72 bits per heavy atom. The summed E-state index contributed by atoms with van der Waals surface area (Å²) < 4.78 is 5.36. The highest BCUT2D eigenvalue weighted by Gasteiger charge is 2.16. The number of hydrogen-bond acceptors (Lipinski definition) is 4. The second-order valence-electron chi connectivity index (χ2n) is 4.03. The SMILES string of the molecule is CCc1nc2c(Cl)ccc(OC)c2c(NN)c1C. The number of aryl methyl sites for hydroxylation is 1. The van der Waals surface area contributed by atoms with Crippen molar-refractivity contribution in [2.75, 3.05) is 12.5 Å². The number of rotatable bonds is 3. The number of aromatic nitrogens is 1. The Morgan fingerprint density at radius 1 is 1.44 bits per heavy atom. The Morgan fingerprint density at radius 2 is 2.17 bits per heavy atom. The molecule has 0 aliphatic heterocycles. The highest BCUT2D eigenvalue weighted by Crippen LogP contribution is 2.37. The van der Waals surface area contributed by atoms with E-state index >= 15 is 0 Å². The summed E-state index contributed by atoms with van der Waals surface area (Å²) in [5.41, 5.74) is 6.27. The fourth-order valence-corrected chi connectivity index (χ4v) is 2.34. The van der Waals surface area contributed by atoms with Crippen LogP contribution in [0.15, 0.2) is 12.1 Å². The molecule has 4 nitrogen and oxygen atoms in total. The van der Waals surface area contributed by atoms with Gasteiger partial charge in [-0.2, -0.15) is 0 Å². The molecule has 0 aliphatic carbocycles. The van der Waals surface area contributed by atoms with Gasteiger partial charge in [0, 0.05) is 5.69 Å². The lowest BCUT2D eigenvalue weighted by molar-refractivity contribution is 0.420. The number of nitrogens with one attached hydrogen (secondary N) is 1. The number of pyridine rings is 1. The molecule has 0 amide bonds. The first-order chi connectivity index (χ1) is 8.63. The van der Waals surface area contributed by atoms with Crippen LogP contribution in [0.4, 0.5) is 5.69 Å². The zero-order valence-corrected chi connectivity index (χ0v) is 11.4. The first kappa shape index (κ1) is 12.9. The Bertz CT molecular complexity index is 599. The Balaban J connectivity index is 2.96. The molecule has 18 heavy (non-hydrogen) atoms. The van der Waals surface area contributed by atoms with Gasteiger partial charge < -0.3 is 10.2 Å². The first-order valence-corrected chi connectivity index (χ1v) is 6.14. The van der Waals surface area contributed by atoms with Crippen molar-refractivity contribution in [2.45, 2.75) is 20.3 Å². The van der Waals surface area contributed by atoms with E-state index in [1.165, 1.54) is 0 Å². The summed E-state index contributed by atoms with van der Waals surface area (Å²) in [6, 6.07) is 3.60. The van der Waals surface area contributed by atoms with Gasteiger partial charge in [-0.05, 0) is 31.0 Å². The number of hydrogen-bond donors (Lipinski definition) is 2. The van der Waals surface area contributed by atoms with E-state index in [4.69, 9.17) is 22.2 Å². The molecule has 0 saturated heterocycles. The number of fused-ring (bicyclic) bond motifs is 1. The molecule has 1 aromatic carbocycles. The fraction of sp³-hybridized carbons (Fsp3) is 0.308. The summed E-state index contributed by atoms with van der Waals surface area (Å²) >= 11 is 6.21. The van der Waals surface area contributed by atoms with Crippen molar-refractivity contribution >= 4 is 28.2 Å². The number of hydrazine groups is 1. The molecule has 3 N–H and O–H groups in total. The molecule has 0 atom stereocenters. The summed E-state index contributed by atoms with van der Waals surface area (Å²) in [5, 5.41) is 1.42. The highest BCUT2D eigenvalue weighted by atomic mass is 35.5. The number of nitrogens with zero attached hydrogens (tertiary/aromatic N) is 1. The number of methoxy groups -OCH3 is 1. The van der Waals surface area contributed by atoms with Gasteiger partial charge in [0.1, 0.15) is 5.75 Å². The van der Waals surface area contributed by atoms with Crippen LogP contribution in [0, 0.1) is 6.92 Å². The minimum atomic E-state index is 0.594. The van der Waals surface area contributed by atoms with E-state index < -0.39 is 0 Å². The van der Waals surface area contributed by atoms with Gasteiger partial charge in [-0.3, -0.25) is 10.8 Å². The third-order valence-corrected chi connectivity index (χ3v) is 3.40. The van der Waals surface area contributed by atoms with Crippen LogP contribution in [0.5, 0.6) is 5.75 Å². The second kappa shape index (κ2) is 5.00. The lowest BCUT2D eigenvalue weighted by Gasteiger charge is -2.16. The van der Waals surface area contributed by atoms with E-state index in [-0.39, 0.29) is 0 Å². The molecule has 0 spiro atoms. The molecule has 0 bridgehead atoms. The Hall–Kier alpha value is -1.52. The Labute approximate surface area is 111 Å². The summed E-state index contributed by atoms with van der Waals surface area (Å²) in [4.78, 5) is 4.60. The molecule has 2 rings (SSSR count). The molecular formula is C13H16ClN3O. The maximum atomic E-state index is 6.21. The normalized spacial score (nSPS) is 10.7. The van der Waals surface area contributed by atoms with Crippen molar-refractivity contribution in [1.29, 1.82) is 0 Å². The standard InChI is InChI=1S/C13H16ClN3O/c1-4-9-7(2)12(17-15)11-10(18-3)6-5-8(14)13(11)16-9/h5-6H,4,15H2,1-3H3,(H,16,17). The van der Waals surface area contributed by atoms with E-state index in [2.05, 4.69) is 17.3 Å². The van der Waals surface area contributed by atoms with Gasteiger partial charge in [0.25, 0.3) is 0 Å². The largest absolute Gasteiger partial charge is 0.496 e. The fourth-order valence-electron chi connectivity index (χ4n) is 2.14. The van der Waals surface area contributed by atoms with E-state index in [1.807, 2.05) is 13.0 Å². The molecule has 0 unspecified atom stereocenters. The van der Waals surface area contributed by atoms with E-state index in [0.29, 0.717) is 16.3 Å². The van der Waals surface area contributed by atoms with Crippen LogP contribution in [0.2, 0.25) is 5.02 Å². The molecule has 1 aromatic heterocycles. The summed E-state index contributed by atoms with van der Waals surface area (Å²) in [6.07, 6.45) is 0.823. The summed E-state index contributed by atoms with van der Waals surface area (Å²) in [7, 11) is 1.62. The van der Waals surface area contributed by atoms with Crippen LogP contribution >= 0.6 is 11.6 Å². The molecule has 0 radical (unpaired) electrons. The van der Waals surface area contributed by atoms with E-state index in [1.54, 1.807) is 13.2 Å². The minimum absolute atomic E-state index is 0.594. The molecule has 0 aliphatic rings. The lowest BCUT2D eigenvalue weighted by Crippen LogP contribution is -2.11. The predicted molar refractivity (Wildman–Crippen MR) is 75.2 cm³/mol. The van der Waals surface area contributed by atoms with Crippen molar-refractivity contribution in [3.63, 3.8) is 0 Å². The van der Waals surface area contributed by atoms with Crippen molar-refractivity contribution in [3.05, 3.63) is 28.4 Å². The molecule has 0 saturated carbocycles. The average Bonchev–Trinajstić information content (AvgIpc) is 2.39. The van der Waals surface area contributed by atoms with Crippen LogP contribution in [-0.2, 0) is 6.42 Å². The molecule has 5 heteroatoms. The van der Waals surface area contributed by atoms with Crippen LogP contribution < -0.4 is 16.0 Å². The van der Waals surface area contributed by atoms with Crippen LogP contribution in [0.3, 0.4) is 0 Å². The number of anilines is 1. The maximum absolute atomic E-state index is 6.21. The van der Waals surface area contributed by atoms with Gasteiger partial charge in [-0.25, -0.2) is 0 Å². The number of nitrogen functional groups attached to an aromatic ring is 1. The zero-order chi connectivity index (χ0) is 13.3. The topological polar surface area (TPSA) is 60.2 Å². The van der Waals surface area contributed by atoms with Crippen LogP contribution in [0.25, 0.3) is 10.9 Å². The predicted octanol–water partition coefficient (Wildman–Crippen LogP) is 3.05. The summed E-state index contributed by atoms with van der Waals surface area (Å²) in [6.45, 7) is 4.04. The quantitative estimate of drug-likeness (QED) is 0.661. The zero-order valence-electron chi connectivity index (χ0n) is 10.7. The third kappa shape index (κ3) is 1.87. The summed E-state index contributed by atoms with van der Waals surface area (Å²) in [5.74, 6) is 6.35. The number of ether oxygens (including phenoxy) is 1. The van der Waals surface area contributed by atoms with Gasteiger partial charge in [0.05, 0.1) is 28.7 Å². The molecule has 96 valence electrons. The molecular weight excluding hydrogens is 250 g/mol. The number of nitrogens with two attached hydrogens (primary N) is 1. The van der Waals surface area contributed by atoms with Gasteiger partial charge in [-0.1, -0.05) is 18.5 Å². The monoisotopic (exact) mass is 265 g/mol. The van der Waals surface area contributed by atoms with Gasteiger partial charge in [0.2, 0.25) is 0 Å². The van der Waals surface area contributed by atoms with Crippen LogP contribution in [-0.4, -0.2) is 12.1 Å². The highest BCUT2D eigenvalue weighted by molar-refractivity contribution is 6.35.